The third-order valence-electron chi connectivity index (χ3n) is 1.84. The maximum atomic E-state index is 4.08. The summed E-state index contributed by atoms with van der Waals surface area (Å²) in [6.45, 7) is 6.57. The van der Waals surface area contributed by atoms with Crippen molar-refractivity contribution in [3.05, 3.63) is 24.3 Å². The van der Waals surface area contributed by atoms with Crippen LogP contribution in [0.5, 0.6) is 0 Å². The molecule has 0 radical (unpaired) electrons. The van der Waals surface area contributed by atoms with Gasteiger partial charge in [-0.05, 0) is 20.8 Å². The molecule has 0 unspecified atom stereocenters. The van der Waals surface area contributed by atoms with Crippen molar-refractivity contribution >= 4 is 18.3 Å². The number of rotatable bonds is 0. The summed E-state index contributed by atoms with van der Waals surface area (Å²) in [6, 6.07) is 0. The predicted octanol–water partition coefficient (Wildman–Crippen LogP) is 2.36. The van der Waals surface area contributed by atoms with Gasteiger partial charge in [-0.2, -0.15) is 0 Å². The van der Waals surface area contributed by atoms with Crippen molar-refractivity contribution in [1.82, 2.24) is 8.61 Å². The maximum absolute atomic E-state index is 4.08. The molecule has 0 atom stereocenters. The number of hydrogen-bond donors (Lipinski definition) is 0. The number of fused-ring (bicyclic) bond motifs is 1. The summed E-state index contributed by atoms with van der Waals surface area (Å²) in [6.07, 6.45) is 7.77. The first-order valence-corrected chi connectivity index (χ1v) is 4.99. The lowest BCUT2D eigenvalue weighted by molar-refractivity contribution is 0.351. The Hall–Kier alpha value is -0.900. The van der Waals surface area contributed by atoms with Crippen LogP contribution in [0.4, 0.5) is 0 Å². The van der Waals surface area contributed by atoms with Gasteiger partial charge >= 0.3 is 0 Å². The van der Waals surface area contributed by atoms with Gasteiger partial charge in [-0.25, -0.2) is 0 Å². The Labute approximate surface area is 83.1 Å². The van der Waals surface area contributed by atoms with Crippen LogP contribution < -0.4 is 0 Å². The van der Waals surface area contributed by atoms with Crippen LogP contribution in [0.15, 0.2) is 29.3 Å². The minimum atomic E-state index is 0.149. The van der Waals surface area contributed by atoms with Crippen molar-refractivity contribution < 1.29 is 0 Å². The van der Waals surface area contributed by atoms with E-state index in [0.29, 0.717) is 0 Å². The van der Waals surface area contributed by atoms with Crippen molar-refractivity contribution in [3.8, 4) is 0 Å². The molecular weight excluding hydrogens is 182 g/mol. The fraction of sp³-hybridized carbons (Fsp3) is 0.444. The highest BCUT2D eigenvalue weighted by atomic mass is 32.2. The van der Waals surface area contributed by atoms with E-state index in [2.05, 4.69) is 40.6 Å². The molecule has 4 heteroatoms. The first kappa shape index (κ1) is 8.69. The molecule has 2 aliphatic heterocycles. The lowest BCUT2D eigenvalue weighted by Gasteiger charge is -2.30. The SMILES string of the molecule is CC(C)(C)N1C=C2C=NC=CN2S1. The second-order valence-corrected chi connectivity index (χ2v) is 4.98. The van der Waals surface area contributed by atoms with Gasteiger partial charge in [-0.1, -0.05) is 0 Å². The molecule has 3 nitrogen and oxygen atoms in total. The van der Waals surface area contributed by atoms with Gasteiger partial charge in [0.25, 0.3) is 0 Å². The van der Waals surface area contributed by atoms with Crippen LogP contribution in [0.1, 0.15) is 20.8 Å². The van der Waals surface area contributed by atoms with Gasteiger partial charge in [-0.3, -0.25) is 13.6 Å². The van der Waals surface area contributed by atoms with Gasteiger partial charge in [0.05, 0.1) is 24.0 Å². The van der Waals surface area contributed by atoms with Crippen molar-refractivity contribution in [2.75, 3.05) is 0 Å². The van der Waals surface area contributed by atoms with E-state index in [1.165, 1.54) is 0 Å². The summed E-state index contributed by atoms with van der Waals surface area (Å²) >= 11 is 1.70. The molecule has 2 aliphatic rings. The third-order valence-corrected chi connectivity index (χ3v) is 3.17. The highest BCUT2D eigenvalue weighted by Crippen LogP contribution is 2.36. The van der Waals surface area contributed by atoms with Crippen LogP contribution in [0, 0.1) is 0 Å². The summed E-state index contributed by atoms with van der Waals surface area (Å²) in [5.74, 6) is 0. The first-order chi connectivity index (χ1) is 6.07. The normalized spacial score (nSPS) is 20.7. The van der Waals surface area contributed by atoms with Gasteiger partial charge < -0.3 is 0 Å². The van der Waals surface area contributed by atoms with Crippen LogP contribution in [0.25, 0.3) is 0 Å². The van der Waals surface area contributed by atoms with Crippen LogP contribution in [0.2, 0.25) is 0 Å². The van der Waals surface area contributed by atoms with E-state index in [1.54, 1.807) is 18.3 Å². The van der Waals surface area contributed by atoms with E-state index in [-0.39, 0.29) is 5.54 Å². The van der Waals surface area contributed by atoms with Gasteiger partial charge in [0.1, 0.15) is 0 Å². The van der Waals surface area contributed by atoms with Crippen LogP contribution in [-0.2, 0) is 0 Å². The monoisotopic (exact) mass is 195 g/mol. The molecule has 0 aromatic carbocycles. The zero-order chi connectivity index (χ0) is 9.47. The topological polar surface area (TPSA) is 18.8 Å². The summed E-state index contributed by atoms with van der Waals surface area (Å²) in [5.41, 5.74) is 1.29. The molecule has 0 spiro atoms. The van der Waals surface area contributed by atoms with E-state index in [4.69, 9.17) is 0 Å². The van der Waals surface area contributed by atoms with Gasteiger partial charge in [0, 0.05) is 24.1 Å². The quantitative estimate of drug-likeness (QED) is 0.553. The highest BCUT2D eigenvalue weighted by Gasteiger charge is 2.28. The Morgan fingerprint density at radius 3 is 2.77 bits per heavy atom. The van der Waals surface area contributed by atoms with E-state index in [1.807, 2.05) is 12.4 Å². The molecular formula is C9H13N3S. The smallest absolute Gasteiger partial charge is 0.0886 e. The van der Waals surface area contributed by atoms with Crippen molar-refractivity contribution in [1.29, 1.82) is 0 Å². The lowest BCUT2D eigenvalue weighted by Crippen LogP contribution is -2.30. The molecule has 13 heavy (non-hydrogen) atoms. The average Bonchev–Trinajstić information content (AvgIpc) is 2.45. The molecule has 2 rings (SSSR count). The Morgan fingerprint density at radius 2 is 2.15 bits per heavy atom. The second-order valence-electron chi connectivity index (χ2n) is 4.03. The fourth-order valence-electron chi connectivity index (χ4n) is 1.08. The summed E-state index contributed by atoms with van der Waals surface area (Å²) in [7, 11) is 0. The summed E-state index contributed by atoms with van der Waals surface area (Å²) in [5, 5.41) is 0. The van der Waals surface area contributed by atoms with Crippen molar-refractivity contribution in [2.45, 2.75) is 26.3 Å². The van der Waals surface area contributed by atoms with Crippen LogP contribution in [-0.4, -0.2) is 20.4 Å². The molecule has 0 fully saturated rings. The molecule has 70 valence electrons. The molecule has 0 aliphatic carbocycles. The van der Waals surface area contributed by atoms with E-state index >= 15 is 0 Å². The van der Waals surface area contributed by atoms with Crippen molar-refractivity contribution in [3.63, 3.8) is 0 Å². The minimum absolute atomic E-state index is 0.149. The average molecular weight is 195 g/mol. The maximum Gasteiger partial charge on any atom is 0.0886 e. The minimum Gasteiger partial charge on any atom is -0.298 e. The zero-order valence-electron chi connectivity index (χ0n) is 8.06. The Bertz CT molecular complexity index is 298. The second kappa shape index (κ2) is 2.80. The molecule has 0 N–H and O–H groups in total. The predicted molar refractivity (Wildman–Crippen MR) is 56.7 cm³/mol. The van der Waals surface area contributed by atoms with E-state index < -0.39 is 0 Å². The zero-order valence-corrected chi connectivity index (χ0v) is 8.88. The van der Waals surface area contributed by atoms with Gasteiger partial charge in [-0.15, -0.1) is 0 Å². The molecule has 0 aromatic heterocycles. The first-order valence-electron chi connectivity index (χ1n) is 4.26. The standard InChI is InChI=1S/C9H13N3S/c1-9(2,3)12-7-8-6-10-4-5-11(8)13-12/h4-7H,1-3H3. The number of allylic oxidation sites excluding steroid dienone is 1. The van der Waals surface area contributed by atoms with Gasteiger partial charge in [0.2, 0.25) is 0 Å². The fourth-order valence-corrected chi connectivity index (χ4v) is 1.97. The lowest BCUT2D eigenvalue weighted by atomic mass is 10.1. The summed E-state index contributed by atoms with van der Waals surface area (Å²) in [4.78, 5) is 4.08. The van der Waals surface area contributed by atoms with E-state index in [9.17, 15) is 0 Å². The Kier molecular flexibility index (Phi) is 1.87. The van der Waals surface area contributed by atoms with Crippen LogP contribution >= 0.6 is 12.1 Å². The number of hydrogen-bond acceptors (Lipinski definition) is 4. The molecule has 0 saturated carbocycles. The molecule has 0 bridgehead atoms. The number of nitrogens with zero attached hydrogens (tertiary/aromatic N) is 3. The van der Waals surface area contributed by atoms with Crippen LogP contribution in [0.3, 0.4) is 0 Å². The summed E-state index contributed by atoms with van der Waals surface area (Å²) < 4.78 is 4.34. The Balaban J connectivity index is 2.21. The third kappa shape index (κ3) is 1.58. The van der Waals surface area contributed by atoms with Crippen molar-refractivity contribution in [2.24, 2.45) is 4.99 Å². The highest BCUT2D eigenvalue weighted by molar-refractivity contribution is 7.95. The molecule has 2 heterocycles. The number of aliphatic imine (C=N–C) groups is 1. The largest absolute Gasteiger partial charge is 0.298 e. The molecule has 0 amide bonds. The molecule has 0 saturated heterocycles. The molecule has 0 aromatic rings. The van der Waals surface area contributed by atoms with Gasteiger partial charge in [0.15, 0.2) is 0 Å². The Morgan fingerprint density at radius 1 is 1.38 bits per heavy atom. The van der Waals surface area contributed by atoms with E-state index in [0.717, 1.165) is 5.70 Å².